The van der Waals surface area contributed by atoms with Crippen LogP contribution >= 0.6 is 0 Å². The molecule has 2 unspecified atom stereocenters. The van der Waals surface area contributed by atoms with Gasteiger partial charge in [0.1, 0.15) is 5.75 Å². The fourth-order valence-corrected chi connectivity index (χ4v) is 2.52. The summed E-state index contributed by atoms with van der Waals surface area (Å²) in [6.45, 7) is 1.68. The second kappa shape index (κ2) is 8.57. The molecule has 2 aromatic rings. The first-order valence-electron chi connectivity index (χ1n) is 8.08. The maximum absolute atomic E-state index is 12.5. The van der Waals surface area contributed by atoms with Crippen molar-refractivity contribution in [1.82, 2.24) is 5.32 Å². The fraction of sp³-hybridized carbons (Fsp3) is 0.263. The van der Waals surface area contributed by atoms with E-state index in [4.69, 9.17) is 5.11 Å². The summed E-state index contributed by atoms with van der Waals surface area (Å²) in [7, 11) is 0. The van der Waals surface area contributed by atoms with E-state index >= 15 is 0 Å². The number of amides is 1. The van der Waals surface area contributed by atoms with Crippen LogP contribution < -0.4 is 10.1 Å². The molecule has 2 N–H and O–H groups in total. The smallest absolute Gasteiger partial charge is 0.481 e. The van der Waals surface area contributed by atoms with Crippen molar-refractivity contribution in [2.24, 2.45) is 0 Å². The molecular weight excluding hydrogens is 363 g/mol. The number of carboxylic acid groups (broad SMARTS) is 1. The Hall–Kier alpha value is -3.03. The number of carbonyl (C=O) groups excluding carboxylic acids is 1. The fourth-order valence-electron chi connectivity index (χ4n) is 2.52. The van der Waals surface area contributed by atoms with Gasteiger partial charge < -0.3 is 15.2 Å². The highest BCUT2D eigenvalue weighted by Crippen LogP contribution is 2.26. The molecule has 0 radical (unpaired) electrons. The summed E-state index contributed by atoms with van der Waals surface area (Å²) in [6, 6.07) is 12.8. The van der Waals surface area contributed by atoms with E-state index in [0.29, 0.717) is 5.56 Å². The van der Waals surface area contributed by atoms with E-state index in [9.17, 15) is 22.8 Å². The maximum atomic E-state index is 12.5. The number of hydrogen-bond acceptors (Lipinski definition) is 3. The standard InChI is InChI=1S/C19H18F3NO4/c1-12(13-5-3-2-4-6-13)18(26)23-16(11-17(24)25)14-7-9-15(10-8-14)27-19(20,21)22/h2-10,12,16H,11H2,1H3,(H,23,26)(H,24,25). The molecule has 0 aliphatic heterocycles. The SMILES string of the molecule is CC(C(=O)NC(CC(=O)O)c1ccc(OC(F)(F)F)cc1)c1ccccc1. The van der Waals surface area contributed by atoms with Crippen LogP contribution in [0.25, 0.3) is 0 Å². The Balaban J connectivity index is 2.15. The Morgan fingerprint density at radius 2 is 1.63 bits per heavy atom. The van der Waals surface area contributed by atoms with Crippen LogP contribution in [0.4, 0.5) is 13.2 Å². The zero-order valence-corrected chi connectivity index (χ0v) is 14.4. The Labute approximate surface area is 153 Å². The molecule has 0 bridgehead atoms. The van der Waals surface area contributed by atoms with Gasteiger partial charge in [0.05, 0.1) is 18.4 Å². The van der Waals surface area contributed by atoms with Crippen LogP contribution in [-0.2, 0) is 9.59 Å². The van der Waals surface area contributed by atoms with Gasteiger partial charge in [0.2, 0.25) is 5.91 Å². The van der Waals surface area contributed by atoms with Gasteiger partial charge >= 0.3 is 12.3 Å². The van der Waals surface area contributed by atoms with Gasteiger partial charge in [-0.05, 0) is 30.2 Å². The van der Waals surface area contributed by atoms with Crippen LogP contribution in [0.2, 0.25) is 0 Å². The average Bonchev–Trinajstić information content (AvgIpc) is 2.60. The molecule has 0 aliphatic rings. The van der Waals surface area contributed by atoms with Crippen molar-refractivity contribution >= 4 is 11.9 Å². The molecule has 2 aromatic carbocycles. The van der Waals surface area contributed by atoms with Crippen LogP contribution in [0.1, 0.15) is 36.4 Å². The average molecular weight is 381 g/mol. The topological polar surface area (TPSA) is 75.6 Å². The summed E-state index contributed by atoms with van der Waals surface area (Å²) in [5.74, 6) is -2.48. The second-order valence-corrected chi connectivity index (χ2v) is 5.91. The van der Waals surface area contributed by atoms with Crippen molar-refractivity contribution in [2.75, 3.05) is 0 Å². The van der Waals surface area contributed by atoms with Crippen molar-refractivity contribution in [2.45, 2.75) is 31.7 Å². The molecule has 0 heterocycles. The van der Waals surface area contributed by atoms with Crippen molar-refractivity contribution in [3.8, 4) is 5.75 Å². The molecule has 0 aromatic heterocycles. The number of hydrogen-bond donors (Lipinski definition) is 2. The van der Waals surface area contributed by atoms with E-state index in [-0.39, 0.29) is 5.91 Å². The predicted molar refractivity (Wildman–Crippen MR) is 91.1 cm³/mol. The van der Waals surface area contributed by atoms with E-state index in [0.717, 1.165) is 17.7 Å². The van der Waals surface area contributed by atoms with Crippen molar-refractivity contribution in [3.63, 3.8) is 0 Å². The Kier molecular flexibility index (Phi) is 6.44. The lowest BCUT2D eigenvalue weighted by Gasteiger charge is -2.21. The monoisotopic (exact) mass is 381 g/mol. The van der Waals surface area contributed by atoms with Crippen LogP contribution in [-0.4, -0.2) is 23.3 Å². The third-order valence-corrected chi connectivity index (χ3v) is 3.90. The lowest BCUT2D eigenvalue weighted by atomic mass is 9.98. The number of rotatable bonds is 7. The molecule has 144 valence electrons. The minimum absolute atomic E-state index is 0.362. The van der Waals surface area contributed by atoms with E-state index in [2.05, 4.69) is 10.1 Å². The summed E-state index contributed by atoms with van der Waals surface area (Å²) in [5, 5.41) is 11.7. The number of carbonyl (C=O) groups is 2. The second-order valence-electron chi connectivity index (χ2n) is 5.91. The summed E-state index contributed by atoms with van der Waals surface area (Å²) in [6.07, 6.45) is -5.23. The zero-order valence-electron chi connectivity index (χ0n) is 14.4. The van der Waals surface area contributed by atoms with Crippen LogP contribution in [0.15, 0.2) is 54.6 Å². The first-order valence-corrected chi connectivity index (χ1v) is 8.08. The molecule has 0 fully saturated rings. The lowest BCUT2D eigenvalue weighted by Crippen LogP contribution is -2.33. The molecule has 2 atom stereocenters. The third-order valence-electron chi connectivity index (χ3n) is 3.90. The molecule has 1 amide bonds. The van der Waals surface area contributed by atoms with Gasteiger partial charge in [-0.1, -0.05) is 42.5 Å². The molecule has 8 heteroatoms. The van der Waals surface area contributed by atoms with Gasteiger partial charge in [0.15, 0.2) is 0 Å². The van der Waals surface area contributed by atoms with Gasteiger partial charge in [0.25, 0.3) is 0 Å². The predicted octanol–water partition coefficient (Wildman–Crippen LogP) is 4.02. The van der Waals surface area contributed by atoms with Gasteiger partial charge in [-0.15, -0.1) is 13.2 Å². The highest BCUT2D eigenvalue weighted by Gasteiger charge is 2.31. The molecule has 27 heavy (non-hydrogen) atoms. The van der Waals surface area contributed by atoms with E-state index in [1.165, 1.54) is 12.1 Å². The minimum Gasteiger partial charge on any atom is -0.481 e. The highest BCUT2D eigenvalue weighted by molar-refractivity contribution is 5.84. The quantitative estimate of drug-likeness (QED) is 0.760. The maximum Gasteiger partial charge on any atom is 0.573 e. The van der Waals surface area contributed by atoms with E-state index < -0.39 is 36.5 Å². The van der Waals surface area contributed by atoms with Crippen molar-refractivity contribution < 1.29 is 32.6 Å². The van der Waals surface area contributed by atoms with Crippen LogP contribution in [0.3, 0.4) is 0 Å². The first-order chi connectivity index (χ1) is 12.7. The summed E-state index contributed by atoms with van der Waals surface area (Å²) in [5.41, 5.74) is 1.12. The molecule has 2 rings (SSSR count). The zero-order chi connectivity index (χ0) is 20.0. The number of carboxylic acids is 1. The highest BCUT2D eigenvalue weighted by atomic mass is 19.4. The number of benzene rings is 2. The molecule has 5 nitrogen and oxygen atoms in total. The summed E-state index contributed by atoms with van der Waals surface area (Å²) >= 11 is 0. The first kappa shape index (κ1) is 20.3. The van der Waals surface area contributed by atoms with Crippen molar-refractivity contribution in [1.29, 1.82) is 0 Å². The van der Waals surface area contributed by atoms with Crippen LogP contribution in [0, 0.1) is 0 Å². The number of aliphatic carboxylic acids is 1. The van der Waals surface area contributed by atoms with Gasteiger partial charge in [0, 0.05) is 0 Å². The van der Waals surface area contributed by atoms with E-state index in [1.807, 2.05) is 6.07 Å². The molecule has 0 aliphatic carbocycles. The number of ether oxygens (including phenoxy) is 1. The molecule has 0 spiro atoms. The van der Waals surface area contributed by atoms with E-state index in [1.54, 1.807) is 31.2 Å². The number of alkyl halides is 3. The lowest BCUT2D eigenvalue weighted by molar-refractivity contribution is -0.274. The van der Waals surface area contributed by atoms with Gasteiger partial charge in [-0.3, -0.25) is 9.59 Å². The Morgan fingerprint density at radius 3 is 2.15 bits per heavy atom. The van der Waals surface area contributed by atoms with Gasteiger partial charge in [-0.2, -0.15) is 0 Å². The van der Waals surface area contributed by atoms with Crippen LogP contribution in [0.5, 0.6) is 5.75 Å². The number of nitrogens with one attached hydrogen (secondary N) is 1. The summed E-state index contributed by atoms with van der Waals surface area (Å²) in [4.78, 5) is 23.6. The minimum atomic E-state index is -4.82. The molecular formula is C19H18F3NO4. The summed E-state index contributed by atoms with van der Waals surface area (Å²) < 4.78 is 40.5. The van der Waals surface area contributed by atoms with Crippen molar-refractivity contribution in [3.05, 3.63) is 65.7 Å². The normalized spacial score (nSPS) is 13.5. The molecule has 0 saturated heterocycles. The third kappa shape index (κ3) is 6.32. The Morgan fingerprint density at radius 1 is 1.04 bits per heavy atom. The molecule has 0 saturated carbocycles. The Bertz CT molecular complexity index is 776. The number of halogens is 3. The van der Waals surface area contributed by atoms with Gasteiger partial charge in [-0.25, -0.2) is 0 Å². The largest absolute Gasteiger partial charge is 0.573 e.